The van der Waals surface area contributed by atoms with Crippen molar-refractivity contribution >= 4 is 29.6 Å². The van der Waals surface area contributed by atoms with Crippen molar-refractivity contribution in [1.82, 2.24) is 0 Å². The molecule has 4 aliphatic rings. The molecule has 0 saturated heterocycles. The number of nitrogens with two attached hydrogens (primary N) is 1. The van der Waals surface area contributed by atoms with Gasteiger partial charge >= 0.3 is 5.97 Å². The summed E-state index contributed by atoms with van der Waals surface area (Å²) >= 11 is 6.06. The lowest BCUT2D eigenvalue weighted by Crippen LogP contribution is -2.50. The van der Waals surface area contributed by atoms with Crippen LogP contribution in [0.15, 0.2) is 53.1 Å². The summed E-state index contributed by atoms with van der Waals surface area (Å²) in [4.78, 5) is 24.0. The molecule has 0 radical (unpaired) electrons. The highest BCUT2D eigenvalue weighted by Gasteiger charge is 2.59. The van der Waals surface area contributed by atoms with Gasteiger partial charge in [-0.25, -0.2) is 0 Å². The van der Waals surface area contributed by atoms with Crippen molar-refractivity contribution in [3.05, 3.63) is 63.7 Å². The number of nitrogens with zero attached hydrogens (tertiary/aromatic N) is 1. The number of nitriles is 1. The Kier molecular flexibility index (Phi) is 7.55. The van der Waals surface area contributed by atoms with Gasteiger partial charge in [-0.3, -0.25) is 9.59 Å². The first kappa shape index (κ1) is 27.7. The smallest absolute Gasteiger partial charge is 0.302 e. The van der Waals surface area contributed by atoms with Gasteiger partial charge in [0.15, 0.2) is 0 Å². The Morgan fingerprint density at radius 3 is 2.51 bits per heavy atom. The molecule has 0 unspecified atom stereocenters. The Morgan fingerprint density at radius 2 is 1.85 bits per heavy atom. The molecule has 0 aliphatic heterocycles. The maximum absolute atomic E-state index is 12.4. The molecule has 1 aromatic rings. The molecule has 39 heavy (non-hydrogen) atoms. The summed E-state index contributed by atoms with van der Waals surface area (Å²) in [5, 5.41) is 10.6. The second-order valence-electron chi connectivity index (χ2n) is 12.6. The molecule has 5 rings (SSSR count). The average molecular weight is 547 g/mol. The lowest BCUT2D eigenvalue weighted by molar-refractivity contribution is -0.148. The maximum Gasteiger partial charge on any atom is 0.302 e. The van der Waals surface area contributed by atoms with Crippen molar-refractivity contribution in [2.24, 2.45) is 40.2 Å². The Hall–Kier alpha value is -2.84. The predicted molar refractivity (Wildman–Crippen MR) is 153 cm³/mol. The molecule has 0 aromatic heterocycles. The van der Waals surface area contributed by atoms with E-state index in [0.29, 0.717) is 22.8 Å². The van der Waals surface area contributed by atoms with Crippen LogP contribution in [0.1, 0.15) is 77.7 Å². The monoisotopic (exact) mass is 546 g/mol. The van der Waals surface area contributed by atoms with Crippen LogP contribution < -0.4 is 5.73 Å². The van der Waals surface area contributed by atoms with Crippen molar-refractivity contribution < 1.29 is 14.3 Å². The number of rotatable bonds is 5. The third-order valence-corrected chi connectivity index (χ3v) is 11.0. The van der Waals surface area contributed by atoms with Gasteiger partial charge in [0, 0.05) is 18.4 Å². The van der Waals surface area contributed by atoms with E-state index < -0.39 is 5.91 Å². The summed E-state index contributed by atoms with van der Waals surface area (Å²) in [6, 6.07) is 9.68. The van der Waals surface area contributed by atoms with E-state index in [1.807, 2.05) is 36.4 Å². The first-order chi connectivity index (χ1) is 18.6. The van der Waals surface area contributed by atoms with Crippen molar-refractivity contribution in [2.45, 2.75) is 78.2 Å². The van der Waals surface area contributed by atoms with Crippen LogP contribution in [0.4, 0.5) is 0 Å². The van der Waals surface area contributed by atoms with Crippen LogP contribution in [0, 0.1) is 45.8 Å². The number of hydrogen-bond acceptors (Lipinski definition) is 4. The summed E-state index contributed by atoms with van der Waals surface area (Å²) in [6.07, 6.45) is 14.5. The van der Waals surface area contributed by atoms with Gasteiger partial charge in [-0.15, -0.1) is 0 Å². The normalized spacial score (nSPS) is 36.1. The predicted octanol–water partition coefficient (Wildman–Crippen LogP) is 7.17. The molecule has 0 bridgehead atoms. The largest absolute Gasteiger partial charge is 0.462 e. The molecule has 4 aliphatic carbocycles. The minimum atomic E-state index is -0.656. The van der Waals surface area contributed by atoms with E-state index >= 15 is 0 Å². The molecule has 3 fully saturated rings. The van der Waals surface area contributed by atoms with Crippen LogP contribution in [-0.4, -0.2) is 18.0 Å². The summed E-state index contributed by atoms with van der Waals surface area (Å²) in [7, 11) is 0. The van der Waals surface area contributed by atoms with Crippen LogP contribution >= 0.6 is 11.6 Å². The van der Waals surface area contributed by atoms with E-state index in [1.165, 1.54) is 12.5 Å². The van der Waals surface area contributed by atoms with Crippen LogP contribution in [0.5, 0.6) is 0 Å². The van der Waals surface area contributed by atoms with E-state index in [4.69, 9.17) is 22.1 Å². The number of esters is 1. The summed E-state index contributed by atoms with van der Waals surface area (Å²) < 4.78 is 5.60. The number of fused-ring (bicyclic) bond motifs is 5. The number of allylic oxidation sites excluding steroid dienone is 3. The van der Waals surface area contributed by atoms with E-state index in [1.54, 1.807) is 0 Å². The third-order valence-electron chi connectivity index (χ3n) is 10.7. The van der Waals surface area contributed by atoms with Gasteiger partial charge in [-0.1, -0.05) is 61.4 Å². The number of ether oxygens (including phenoxy) is 1. The molecular formula is C33H39ClN2O3. The Bertz CT molecular complexity index is 1290. The van der Waals surface area contributed by atoms with E-state index in [0.717, 1.165) is 62.5 Å². The minimum absolute atomic E-state index is 0.00131. The highest BCUT2D eigenvalue weighted by molar-refractivity contribution is 6.30. The fourth-order valence-corrected chi connectivity index (χ4v) is 9.00. The fourth-order valence-electron chi connectivity index (χ4n) is 8.87. The molecule has 3 saturated carbocycles. The minimum Gasteiger partial charge on any atom is -0.462 e. The Morgan fingerprint density at radius 1 is 1.10 bits per heavy atom. The number of carbonyl (C=O) groups is 2. The molecule has 0 spiro atoms. The van der Waals surface area contributed by atoms with Gasteiger partial charge in [0.05, 0.1) is 0 Å². The second kappa shape index (κ2) is 10.6. The second-order valence-corrected chi connectivity index (χ2v) is 13.0. The first-order valence-electron chi connectivity index (χ1n) is 14.3. The standard InChI is InChI=1S/C33H39ClN2O3/c1-20(37)39-24-14-16-32(2)22(18-24)7-11-26-29-13-12-28(33(29,3)17-15-30(26)32)25(27(19-35)31(36)38)10-6-21-4-8-23(34)9-5-21/h4-10,24,26,28-30H,11-18H2,1-3H3,(H2,36,38)/b10-6+,27-25+/t24-,26-,28+,29-,30-,32-,33+/m0/s1. The van der Waals surface area contributed by atoms with Gasteiger partial charge in [-0.2, -0.15) is 5.26 Å². The van der Waals surface area contributed by atoms with Gasteiger partial charge in [0.25, 0.3) is 5.91 Å². The average Bonchev–Trinajstić information content (AvgIpc) is 3.24. The third kappa shape index (κ3) is 4.97. The van der Waals surface area contributed by atoms with Gasteiger partial charge < -0.3 is 10.5 Å². The Balaban J connectivity index is 1.44. The van der Waals surface area contributed by atoms with Crippen molar-refractivity contribution in [3.8, 4) is 6.07 Å². The van der Waals surface area contributed by atoms with Gasteiger partial charge in [0.1, 0.15) is 17.7 Å². The van der Waals surface area contributed by atoms with Crippen LogP contribution in [0.2, 0.25) is 5.02 Å². The van der Waals surface area contributed by atoms with Crippen molar-refractivity contribution in [1.29, 1.82) is 5.26 Å². The zero-order valence-corrected chi connectivity index (χ0v) is 24.0. The van der Waals surface area contributed by atoms with Crippen molar-refractivity contribution in [3.63, 3.8) is 0 Å². The molecule has 0 heterocycles. The number of amides is 1. The molecule has 5 nitrogen and oxygen atoms in total. The van der Waals surface area contributed by atoms with Gasteiger partial charge in [-0.05, 0) is 103 Å². The maximum atomic E-state index is 12.4. The molecule has 6 heteroatoms. The van der Waals surface area contributed by atoms with Crippen LogP contribution in [0.25, 0.3) is 6.08 Å². The lowest BCUT2D eigenvalue weighted by Gasteiger charge is -2.58. The van der Waals surface area contributed by atoms with Gasteiger partial charge in [0.2, 0.25) is 0 Å². The summed E-state index contributed by atoms with van der Waals surface area (Å²) in [5.41, 5.74) is 9.19. The first-order valence-corrected chi connectivity index (χ1v) is 14.7. The molecule has 206 valence electrons. The lowest BCUT2D eigenvalue weighted by atomic mass is 9.47. The SMILES string of the molecule is CC(=O)O[C@H]1CC[C@@]2(C)C(=CC[C@H]3[C@@H]4CC[C@H](C(/C=C/c5ccc(Cl)cc5)=C(\C#N)C(N)=O)[C@@]4(C)CC[C@@H]32)C1. The highest BCUT2D eigenvalue weighted by atomic mass is 35.5. The zero-order chi connectivity index (χ0) is 27.9. The molecule has 7 atom stereocenters. The molecular weight excluding hydrogens is 508 g/mol. The number of primary amides is 1. The van der Waals surface area contributed by atoms with Crippen molar-refractivity contribution in [2.75, 3.05) is 0 Å². The van der Waals surface area contributed by atoms with E-state index in [9.17, 15) is 14.9 Å². The fraction of sp³-hybridized carbons (Fsp3) is 0.545. The summed E-state index contributed by atoms with van der Waals surface area (Å²) in [6.45, 7) is 6.33. The number of carbonyl (C=O) groups excluding carboxylic acids is 2. The van der Waals surface area contributed by atoms with E-state index in [-0.39, 0.29) is 34.4 Å². The Labute approximate surface area is 237 Å². The zero-order valence-electron chi connectivity index (χ0n) is 23.2. The molecule has 1 amide bonds. The number of benzene rings is 1. The van der Waals surface area contributed by atoms with Crippen LogP contribution in [0.3, 0.4) is 0 Å². The molecule has 2 N–H and O–H groups in total. The van der Waals surface area contributed by atoms with E-state index in [2.05, 4.69) is 26.0 Å². The summed E-state index contributed by atoms with van der Waals surface area (Å²) in [5.74, 6) is 0.965. The van der Waals surface area contributed by atoms with Crippen LogP contribution in [-0.2, 0) is 14.3 Å². The highest BCUT2D eigenvalue weighted by Crippen LogP contribution is 2.67. The number of halogens is 1. The quantitative estimate of drug-likeness (QED) is 0.139. The molecule has 1 aromatic carbocycles. The topological polar surface area (TPSA) is 93.2 Å². The number of hydrogen-bond donors (Lipinski definition) is 1.